The third-order valence-corrected chi connectivity index (χ3v) is 4.14. The van der Waals surface area contributed by atoms with Crippen LogP contribution in [0.4, 0.5) is 0 Å². The van der Waals surface area contributed by atoms with Gasteiger partial charge in [0, 0.05) is 37.0 Å². The van der Waals surface area contributed by atoms with Gasteiger partial charge in [0.1, 0.15) is 5.69 Å². The van der Waals surface area contributed by atoms with Gasteiger partial charge >= 0.3 is 0 Å². The minimum Gasteiger partial charge on any atom is -0.332 e. The van der Waals surface area contributed by atoms with Crippen molar-refractivity contribution in [2.24, 2.45) is 0 Å². The molecule has 0 bridgehead atoms. The van der Waals surface area contributed by atoms with Crippen molar-refractivity contribution >= 4 is 42.1 Å². The van der Waals surface area contributed by atoms with Gasteiger partial charge in [-0.3, -0.25) is 4.79 Å². The molecule has 2 rings (SSSR count). The summed E-state index contributed by atoms with van der Waals surface area (Å²) in [5, 5.41) is 6.20. The maximum atomic E-state index is 12.3. The number of amides is 1. The van der Waals surface area contributed by atoms with Crippen molar-refractivity contribution in [1.82, 2.24) is 15.2 Å². The maximum absolute atomic E-state index is 12.3. The van der Waals surface area contributed by atoms with Crippen molar-refractivity contribution in [2.45, 2.75) is 32.7 Å². The van der Waals surface area contributed by atoms with E-state index < -0.39 is 0 Å². The van der Waals surface area contributed by atoms with Crippen molar-refractivity contribution < 1.29 is 4.79 Å². The molecule has 1 amide bonds. The van der Waals surface area contributed by atoms with Gasteiger partial charge in [-0.15, -0.1) is 36.2 Å². The van der Waals surface area contributed by atoms with Gasteiger partial charge in [-0.1, -0.05) is 13.8 Å². The highest BCUT2D eigenvalue weighted by Gasteiger charge is 2.25. The smallest absolute Gasteiger partial charge is 0.273 e. The van der Waals surface area contributed by atoms with Gasteiger partial charge in [-0.05, 0) is 6.92 Å². The Labute approximate surface area is 130 Å². The number of carbonyl (C=O) groups excluding carboxylic acids is 1. The van der Waals surface area contributed by atoms with Crippen molar-refractivity contribution in [3.05, 3.63) is 16.1 Å². The summed E-state index contributed by atoms with van der Waals surface area (Å²) < 4.78 is 0. The third kappa shape index (κ3) is 4.31. The summed E-state index contributed by atoms with van der Waals surface area (Å²) >= 11 is 1.58. The summed E-state index contributed by atoms with van der Waals surface area (Å²) in [5.41, 5.74) is 0.604. The molecule has 1 N–H and O–H groups in total. The molecule has 0 saturated carbocycles. The summed E-state index contributed by atoms with van der Waals surface area (Å²) in [5.74, 6) is 0.462. The standard InChI is InChI=1S/C12H19N3OS.2ClH/c1-8(2)11-14-10(7-17-11)12(16)15-5-4-13-6-9(15)3;;/h7-9,13H,4-6H2,1-3H3;2*1H/t9-;;/m0../s1. The number of nitrogens with zero attached hydrogens (tertiary/aromatic N) is 2. The van der Waals surface area contributed by atoms with Crippen LogP contribution in [0.25, 0.3) is 0 Å². The average molecular weight is 326 g/mol. The number of rotatable bonds is 2. The van der Waals surface area contributed by atoms with Crippen LogP contribution in [0, 0.1) is 0 Å². The number of piperazine rings is 1. The molecule has 1 aromatic rings. The normalized spacial score (nSPS) is 18.7. The third-order valence-electron chi connectivity index (χ3n) is 3.00. The van der Waals surface area contributed by atoms with Crippen molar-refractivity contribution in [3.8, 4) is 0 Å². The highest BCUT2D eigenvalue weighted by molar-refractivity contribution is 7.09. The average Bonchev–Trinajstić information content (AvgIpc) is 2.78. The summed E-state index contributed by atoms with van der Waals surface area (Å²) in [6.45, 7) is 8.78. The maximum Gasteiger partial charge on any atom is 0.273 e. The van der Waals surface area contributed by atoms with Crippen LogP contribution >= 0.6 is 36.2 Å². The topological polar surface area (TPSA) is 45.2 Å². The van der Waals surface area contributed by atoms with Crippen LogP contribution in [0.1, 0.15) is 42.2 Å². The lowest BCUT2D eigenvalue weighted by Gasteiger charge is -2.33. The molecule has 1 atom stereocenters. The Hall–Kier alpha value is -0.360. The first kappa shape index (κ1) is 18.6. The quantitative estimate of drug-likeness (QED) is 0.908. The molecule has 1 aliphatic rings. The Morgan fingerprint density at radius 3 is 2.74 bits per heavy atom. The van der Waals surface area contributed by atoms with E-state index in [2.05, 4.69) is 31.1 Å². The molecular formula is C12H21Cl2N3OS. The van der Waals surface area contributed by atoms with Crippen molar-refractivity contribution in [1.29, 1.82) is 0 Å². The van der Waals surface area contributed by atoms with Crippen LogP contribution in [0.3, 0.4) is 0 Å². The lowest BCUT2D eigenvalue weighted by atomic mass is 10.2. The van der Waals surface area contributed by atoms with Crippen LogP contribution in [0.5, 0.6) is 0 Å². The molecule has 7 heteroatoms. The molecule has 0 radical (unpaired) electrons. The molecule has 0 aliphatic carbocycles. The second kappa shape index (κ2) is 8.04. The van der Waals surface area contributed by atoms with E-state index in [9.17, 15) is 4.79 Å². The van der Waals surface area contributed by atoms with Crippen molar-refractivity contribution in [3.63, 3.8) is 0 Å². The second-order valence-electron chi connectivity index (χ2n) is 4.78. The molecule has 2 heterocycles. The molecule has 4 nitrogen and oxygen atoms in total. The Bertz CT molecular complexity index is 411. The van der Waals surface area contributed by atoms with Gasteiger partial charge in [0.15, 0.2) is 0 Å². The van der Waals surface area contributed by atoms with Crippen LogP contribution in [0.2, 0.25) is 0 Å². The van der Waals surface area contributed by atoms with Gasteiger partial charge in [0.05, 0.1) is 5.01 Å². The van der Waals surface area contributed by atoms with E-state index in [-0.39, 0.29) is 36.8 Å². The van der Waals surface area contributed by atoms with Crippen LogP contribution in [0.15, 0.2) is 5.38 Å². The van der Waals surface area contributed by atoms with Crippen LogP contribution in [-0.4, -0.2) is 41.5 Å². The Kier molecular flexibility index (Phi) is 7.89. The summed E-state index contributed by atoms with van der Waals surface area (Å²) in [4.78, 5) is 18.6. The highest BCUT2D eigenvalue weighted by atomic mass is 35.5. The first-order valence-corrected chi connectivity index (χ1v) is 6.94. The molecule has 19 heavy (non-hydrogen) atoms. The van der Waals surface area contributed by atoms with E-state index >= 15 is 0 Å². The minimum atomic E-state index is 0. The minimum absolute atomic E-state index is 0. The zero-order valence-corrected chi connectivity index (χ0v) is 13.8. The Morgan fingerprint density at radius 2 is 2.21 bits per heavy atom. The first-order valence-electron chi connectivity index (χ1n) is 6.06. The lowest BCUT2D eigenvalue weighted by molar-refractivity contribution is 0.0650. The first-order chi connectivity index (χ1) is 8.09. The monoisotopic (exact) mass is 325 g/mol. The van der Waals surface area contributed by atoms with E-state index in [0.29, 0.717) is 11.6 Å². The van der Waals surface area contributed by atoms with E-state index in [0.717, 1.165) is 24.6 Å². The number of carbonyl (C=O) groups is 1. The number of halogens is 2. The molecule has 1 fully saturated rings. The van der Waals surface area contributed by atoms with Gasteiger partial charge < -0.3 is 10.2 Å². The van der Waals surface area contributed by atoms with E-state index in [4.69, 9.17) is 0 Å². The lowest BCUT2D eigenvalue weighted by Crippen LogP contribution is -2.52. The van der Waals surface area contributed by atoms with Crippen molar-refractivity contribution in [2.75, 3.05) is 19.6 Å². The van der Waals surface area contributed by atoms with Crippen LogP contribution < -0.4 is 5.32 Å². The number of nitrogens with one attached hydrogen (secondary N) is 1. The highest BCUT2D eigenvalue weighted by Crippen LogP contribution is 2.20. The van der Waals surface area contributed by atoms with Gasteiger partial charge in [0.2, 0.25) is 0 Å². The molecule has 0 unspecified atom stereocenters. The molecule has 1 saturated heterocycles. The molecule has 0 aromatic carbocycles. The fraction of sp³-hybridized carbons (Fsp3) is 0.667. The summed E-state index contributed by atoms with van der Waals surface area (Å²) in [6.07, 6.45) is 0. The Balaban J connectivity index is 0.00000162. The number of hydrogen-bond donors (Lipinski definition) is 1. The fourth-order valence-corrected chi connectivity index (χ4v) is 2.75. The largest absolute Gasteiger partial charge is 0.332 e. The zero-order chi connectivity index (χ0) is 12.4. The van der Waals surface area contributed by atoms with Gasteiger partial charge in [0.25, 0.3) is 5.91 Å². The fourth-order valence-electron chi connectivity index (χ4n) is 1.94. The molecule has 1 aliphatic heterocycles. The number of aromatic nitrogens is 1. The van der Waals surface area contributed by atoms with Gasteiger partial charge in [-0.25, -0.2) is 4.98 Å². The van der Waals surface area contributed by atoms with E-state index in [1.165, 1.54) is 0 Å². The predicted octanol–water partition coefficient (Wildman–Crippen LogP) is 2.54. The number of thiazole rings is 1. The van der Waals surface area contributed by atoms with E-state index in [1.54, 1.807) is 11.3 Å². The molecule has 0 spiro atoms. The molecule has 110 valence electrons. The van der Waals surface area contributed by atoms with E-state index in [1.807, 2.05) is 10.3 Å². The molecule has 1 aromatic heterocycles. The van der Waals surface area contributed by atoms with Gasteiger partial charge in [-0.2, -0.15) is 0 Å². The number of hydrogen-bond acceptors (Lipinski definition) is 4. The van der Waals surface area contributed by atoms with Crippen LogP contribution in [-0.2, 0) is 0 Å². The second-order valence-corrected chi connectivity index (χ2v) is 5.67. The SMILES string of the molecule is CC(C)c1nc(C(=O)N2CCNC[C@@H]2C)cs1.Cl.Cl. The molecular weight excluding hydrogens is 305 g/mol. The summed E-state index contributed by atoms with van der Waals surface area (Å²) in [7, 11) is 0. The Morgan fingerprint density at radius 1 is 1.53 bits per heavy atom. The summed E-state index contributed by atoms with van der Waals surface area (Å²) in [6, 6.07) is 0.250. The predicted molar refractivity (Wildman–Crippen MR) is 84.1 cm³/mol. The zero-order valence-electron chi connectivity index (χ0n) is 11.4.